The Balaban J connectivity index is 1.94. The first kappa shape index (κ1) is 18.0. The van der Waals surface area contributed by atoms with E-state index in [1.165, 1.54) is 12.1 Å². The molecule has 0 fully saturated rings. The Morgan fingerprint density at radius 3 is 2.21 bits per heavy atom. The maximum Gasteiger partial charge on any atom is 0.232 e. The second-order valence-corrected chi connectivity index (χ2v) is 6.64. The Morgan fingerprint density at radius 1 is 0.929 bits per heavy atom. The number of carbonyl (C=O) groups is 1. The van der Waals surface area contributed by atoms with Gasteiger partial charge in [-0.1, -0.05) is 30.3 Å². The molecule has 0 aliphatic carbocycles. The maximum absolute atomic E-state index is 13.5. The Labute approximate surface area is 163 Å². The molecule has 0 N–H and O–H groups in total. The van der Waals surface area contributed by atoms with Crippen molar-refractivity contribution in [1.82, 2.24) is 0 Å². The van der Waals surface area contributed by atoms with Crippen molar-refractivity contribution in [2.24, 2.45) is 0 Å². The summed E-state index contributed by atoms with van der Waals surface area (Å²) in [6.45, 7) is 0. The van der Waals surface area contributed by atoms with E-state index >= 15 is 0 Å². The van der Waals surface area contributed by atoms with E-state index in [0.717, 1.165) is 22.4 Å². The van der Waals surface area contributed by atoms with Crippen LogP contribution in [0.5, 0.6) is 11.5 Å². The molecule has 3 aromatic rings. The van der Waals surface area contributed by atoms with E-state index in [9.17, 15) is 9.18 Å². The minimum Gasteiger partial charge on any atom is -0.493 e. The quantitative estimate of drug-likeness (QED) is 0.671. The predicted octanol–water partition coefficient (Wildman–Crippen LogP) is 4.52. The molecule has 1 atom stereocenters. The van der Waals surface area contributed by atoms with Gasteiger partial charge < -0.3 is 14.4 Å². The minimum atomic E-state index is -0.390. The van der Waals surface area contributed by atoms with Crippen molar-refractivity contribution >= 4 is 11.6 Å². The third-order valence-corrected chi connectivity index (χ3v) is 5.03. The number of amides is 1. The largest absolute Gasteiger partial charge is 0.493 e. The van der Waals surface area contributed by atoms with Crippen molar-refractivity contribution in [1.29, 1.82) is 0 Å². The van der Waals surface area contributed by atoms with E-state index in [0.29, 0.717) is 11.5 Å². The molecule has 0 spiro atoms. The predicted molar refractivity (Wildman–Crippen MR) is 105 cm³/mol. The minimum absolute atomic E-state index is 0.0276. The van der Waals surface area contributed by atoms with Gasteiger partial charge in [-0.15, -0.1) is 0 Å². The number of fused-ring (bicyclic) bond motifs is 1. The summed E-state index contributed by atoms with van der Waals surface area (Å²) in [4.78, 5) is 14.9. The van der Waals surface area contributed by atoms with Gasteiger partial charge in [-0.3, -0.25) is 4.79 Å². The van der Waals surface area contributed by atoms with Crippen molar-refractivity contribution < 1.29 is 18.7 Å². The number of benzene rings is 3. The van der Waals surface area contributed by atoms with Gasteiger partial charge in [0, 0.05) is 5.69 Å². The zero-order valence-corrected chi connectivity index (χ0v) is 15.7. The summed E-state index contributed by atoms with van der Waals surface area (Å²) in [5.74, 6) is 0.834. The molecular weight excluding hydrogens is 357 g/mol. The first-order valence-electron chi connectivity index (χ1n) is 8.99. The number of halogens is 1. The molecule has 1 aliphatic rings. The standard InChI is InChI=1S/C23H20FNO3/c1-27-20-12-16-13-22(26)25(18-6-4-3-5-7-18)23(19(16)14-21(20)28-2)15-8-10-17(24)11-9-15/h3-12,14,23H,13H2,1-2H3/t23-/m0/s1. The zero-order chi connectivity index (χ0) is 19.7. The van der Waals surface area contributed by atoms with Crippen molar-refractivity contribution in [2.45, 2.75) is 12.5 Å². The van der Waals surface area contributed by atoms with Crippen LogP contribution in [0.3, 0.4) is 0 Å². The second kappa shape index (κ2) is 7.35. The molecule has 0 radical (unpaired) electrons. The van der Waals surface area contributed by atoms with Gasteiger partial charge in [0.15, 0.2) is 11.5 Å². The highest BCUT2D eigenvalue weighted by molar-refractivity contribution is 5.98. The van der Waals surface area contributed by atoms with Crippen LogP contribution in [0, 0.1) is 5.82 Å². The molecule has 4 rings (SSSR count). The molecule has 3 aromatic carbocycles. The normalized spacial score (nSPS) is 15.9. The molecule has 0 saturated carbocycles. The molecule has 4 nitrogen and oxygen atoms in total. The van der Waals surface area contributed by atoms with Crippen LogP contribution in [-0.4, -0.2) is 20.1 Å². The number of carbonyl (C=O) groups excluding carboxylic acids is 1. The van der Waals surface area contributed by atoms with Gasteiger partial charge in [-0.25, -0.2) is 4.39 Å². The number of methoxy groups -OCH3 is 2. The van der Waals surface area contributed by atoms with Gasteiger partial charge in [0.1, 0.15) is 5.82 Å². The Bertz CT molecular complexity index is 1000. The fraction of sp³-hybridized carbons (Fsp3) is 0.174. The summed E-state index contributed by atoms with van der Waals surface area (Å²) in [6.07, 6.45) is 0.252. The van der Waals surface area contributed by atoms with Crippen LogP contribution in [0.1, 0.15) is 22.7 Å². The first-order chi connectivity index (χ1) is 13.6. The van der Waals surface area contributed by atoms with E-state index in [2.05, 4.69) is 0 Å². The van der Waals surface area contributed by atoms with Crippen molar-refractivity contribution in [2.75, 3.05) is 19.1 Å². The lowest BCUT2D eigenvalue weighted by Crippen LogP contribution is -2.41. The number of hydrogen-bond acceptors (Lipinski definition) is 3. The molecule has 5 heteroatoms. The summed E-state index contributed by atoms with van der Waals surface area (Å²) in [7, 11) is 3.16. The van der Waals surface area contributed by atoms with Crippen LogP contribution in [0.4, 0.5) is 10.1 Å². The van der Waals surface area contributed by atoms with Crippen molar-refractivity contribution in [3.05, 3.63) is 89.2 Å². The number of ether oxygens (including phenoxy) is 2. The maximum atomic E-state index is 13.5. The first-order valence-corrected chi connectivity index (χ1v) is 8.99. The molecule has 0 unspecified atom stereocenters. The zero-order valence-electron chi connectivity index (χ0n) is 15.7. The highest BCUT2D eigenvalue weighted by Gasteiger charge is 2.35. The Kier molecular flexibility index (Phi) is 4.74. The fourth-order valence-electron chi connectivity index (χ4n) is 3.73. The summed E-state index contributed by atoms with van der Waals surface area (Å²) < 4.78 is 24.4. The highest BCUT2D eigenvalue weighted by Crippen LogP contribution is 2.43. The van der Waals surface area contributed by atoms with Crippen LogP contribution in [0.2, 0.25) is 0 Å². The van der Waals surface area contributed by atoms with Gasteiger partial charge in [0.05, 0.1) is 26.7 Å². The van der Waals surface area contributed by atoms with Gasteiger partial charge in [0.25, 0.3) is 0 Å². The summed E-state index contributed by atoms with van der Waals surface area (Å²) in [5, 5.41) is 0. The van der Waals surface area contributed by atoms with E-state index in [1.54, 1.807) is 31.3 Å². The third kappa shape index (κ3) is 3.09. The third-order valence-electron chi connectivity index (χ3n) is 5.03. The van der Waals surface area contributed by atoms with E-state index in [1.807, 2.05) is 42.5 Å². The van der Waals surface area contributed by atoms with E-state index in [-0.39, 0.29) is 24.2 Å². The van der Waals surface area contributed by atoms with Crippen LogP contribution in [-0.2, 0) is 11.2 Å². The molecule has 0 aromatic heterocycles. The van der Waals surface area contributed by atoms with Crippen LogP contribution >= 0.6 is 0 Å². The molecule has 142 valence electrons. The van der Waals surface area contributed by atoms with Gasteiger partial charge in [-0.2, -0.15) is 0 Å². The summed E-state index contributed by atoms with van der Waals surface area (Å²) in [5.41, 5.74) is 3.44. The second-order valence-electron chi connectivity index (χ2n) is 6.64. The molecule has 1 aliphatic heterocycles. The lowest BCUT2D eigenvalue weighted by Gasteiger charge is -2.38. The number of rotatable bonds is 4. The van der Waals surface area contributed by atoms with Gasteiger partial charge in [-0.05, 0) is 53.1 Å². The average molecular weight is 377 g/mol. The van der Waals surface area contributed by atoms with Gasteiger partial charge in [0.2, 0.25) is 5.91 Å². The van der Waals surface area contributed by atoms with E-state index < -0.39 is 0 Å². The number of nitrogens with zero attached hydrogens (tertiary/aromatic N) is 1. The lowest BCUT2D eigenvalue weighted by molar-refractivity contribution is -0.118. The van der Waals surface area contributed by atoms with E-state index in [4.69, 9.17) is 9.47 Å². The summed E-state index contributed by atoms with van der Waals surface area (Å²) in [6, 6.07) is 19.1. The molecule has 1 amide bonds. The molecule has 28 heavy (non-hydrogen) atoms. The van der Waals surface area contributed by atoms with Crippen molar-refractivity contribution in [3.8, 4) is 11.5 Å². The van der Waals surface area contributed by atoms with Crippen LogP contribution < -0.4 is 14.4 Å². The number of hydrogen-bond donors (Lipinski definition) is 0. The average Bonchev–Trinajstić information content (AvgIpc) is 2.73. The highest BCUT2D eigenvalue weighted by atomic mass is 19.1. The number of para-hydroxylation sites is 1. The van der Waals surface area contributed by atoms with Gasteiger partial charge >= 0.3 is 0 Å². The Hall–Kier alpha value is -3.34. The SMILES string of the molecule is COc1cc2c(cc1OC)[C@H](c1ccc(F)cc1)N(c1ccccc1)C(=O)C2. The monoisotopic (exact) mass is 377 g/mol. The topological polar surface area (TPSA) is 38.8 Å². The number of anilines is 1. The molecule has 0 bridgehead atoms. The van der Waals surface area contributed by atoms with Crippen LogP contribution in [0.25, 0.3) is 0 Å². The fourth-order valence-corrected chi connectivity index (χ4v) is 3.73. The molecule has 1 heterocycles. The molecular formula is C23H20FNO3. The van der Waals surface area contributed by atoms with Crippen LogP contribution in [0.15, 0.2) is 66.7 Å². The molecule has 0 saturated heterocycles. The lowest BCUT2D eigenvalue weighted by atomic mass is 9.87. The smallest absolute Gasteiger partial charge is 0.232 e. The van der Waals surface area contributed by atoms with Crippen molar-refractivity contribution in [3.63, 3.8) is 0 Å². The summed E-state index contributed by atoms with van der Waals surface area (Å²) >= 11 is 0. The Morgan fingerprint density at radius 2 is 1.57 bits per heavy atom.